The number of H-pyrrole nitrogens is 1. The Kier molecular flexibility index (Phi) is 24.9. The molecule has 0 unspecified atom stereocenters. The number of ether oxygens (including phenoxy) is 3. The van der Waals surface area contributed by atoms with Crippen molar-refractivity contribution in [1.29, 1.82) is 0 Å². The van der Waals surface area contributed by atoms with Crippen LogP contribution in [0.2, 0.25) is 25.7 Å². The number of nitrogens with one attached hydrogen (secondary N) is 6. The first kappa shape index (κ1) is 82.3. The Morgan fingerprint density at radius 2 is 1.00 bits per heavy atom. The Hall–Kier alpha value is -13.2. The number of carbonyl (C=O) groups is 9. The normalized spacial score (nSPS) is 18.1. The monoisotopic (exact) mass is 1650 g/mol. The standard InChI is InChI=1S/C33H35FN4O5Si.C27H22N4O5.C18H14BrN3O4.C5H5BFNO2/c1-5-6-16-43-26-14-11-24-20-37(30(39)28(24)19-26)21-33(25-12-9-23(10-13-25)27-8-7-15-35-29(27)34)31(40)38(32(41)36-33)22-42-17-18-44(2,3)4;1-2-3-13-36-20-11-8-18-15-31(24(33)22(18)14-20)16-27(25(34)29-26(35)30-27)19-9-6-17(7-10-19)21-5-4-12-28-23(21)32;19-12-4-2-11(3-5-12)18(16(25)20-17(26)21-18)9-22-8-10-1-6-13(23)7-14(10)15(22)24;7-5-4(6(9)10)2-1-3-8-5/h7-15,19H,16-18,20-22H2,1-4H3,(H,36,41);4-12,14H,13,15-16H2,1H3,(H,28,32)(H2,29,30,34,35);1-7,23H,8-9H2,(H2,20,21,25,26);1-3,9-10H/t33-;27-;18-;/m000./s1. The van der Waals surface area contributed by atoms with Crippen molar-refractivity contribution in [1.82, 2.24) is 61.1 Å². The van der Waals surface area contributed by atoms with Gasteiger partial charge in [-0.2, -0.15) is 8.78 Å². The number of phenolic OH excluding ortho intramolecular Hbond substituents is 1. The zero-order valence-electron chi connectivity index (χ0n) is 63.1. The largest absolute Gasteiger partial charge is 0.508 e. The van der Waals surface area contributed by atoms with Crippen LogP contribution in [0.15, 0.2) is 192 Å². The number of aromatic amines is 1. The number of hydrogen-bond donors (Lipinski definition) is 9. The average Bonchev–Trinajstić information content (AvgIpc) is 1.60. The number of phenols is 1. The minimum Gasteiger partial charge on any atom is -0.508 e. The van der Waals surface area contributed by atoms with Gasteiger partial charge in [0.1, 0.15) is 37.2 Å². The second kappa shape index (κ2) is 35.1. The highest BCUT2D eigenvalue weighted by Gasteiger charge is 2.56. The van der Waals surface area contributed by atoms with Crippen LogP contribution in [-0.4, -0.2) is 165 Å². The first-order chi connectivity index (χ1) is 55.5. The van der Waals surface area contributed by atoms with Gasteiger partial charge < -0.3 is 65.0 Å². The van der Waals surface area contributed by atoms with E-state index in [9.17, 15) is 61.8 Å². The van der Waals surface area contributed by atoms with Crippen molar-refractivity contribution in [2.45, 2.75) is 75.8 Å². The molecule has 15 rings (SSSR count). The third kappa shape index (κ3) is 17.9. The predicted molar refractivity (Wildman–Crippen MR) is 426 cm³/mol. The number of imide groups is 3. The van der Waals surface area contributed by atoms with E-state index in [1.54, 1.807) is 152 Å². The Labute approximate surface area is 673 Å². The van der Waals surface area contributed by atoms with Crippen molar-refractivity contribution >= 4 is 90.1 Å². The Balaban J connectivity index is 0.000000155. The van der Waals surface area contributed by atoms with Gasteiger partial charge in [0, 0.05) is 90.7 Å². The molecule has 9 aromatic rings. The molecule has 33 heteroatoms. The van der Waals surface area contributed by atoms with Crippen LogP contribution in [0.1, 0.15) is 78.3 Å². The van der Waals surface area contributed by atoms with E-state index < -0.39 is 79.5 Å². The minimum absolute atomic E-state index is 0.00786. The van der Waals surface area contributed by atoms with E-state index >= 15 is 0 Å². The van der Waals surface area contributed by atoms with E-state index in [-0.39, 0.29) is 87.2 Å². The highest BCUT2D eigenvalue weighted by atomic mass is 79.9. The number of urea groups is 3. The summed E-state index contributed by atoms with van der Waals surface area (Å²) in [6.07, 6.45) is 4.16. The van der Waals surface area contributed by atoms with Crippen LogP contribution in [0.4, 0.5) is 23.2 Å². The fraction of sp³-hybridized carbons (Fsp3) is 0.229. The summed E-state index contributed by atoms with van der Waals surface area (Å²) in [5, 5.41) is 39.4. The summed E-state index contributed by atoms with van der Waals surface area (Å²) in [6.45, 7) is 11.4. The van der Waals surface area contributed by atoms with Crippen molar-refractivity contribution in [3.8, 4) is 63.2 Å². The maximum Gasteiger partial charge on any atom is 0.493 e. The summed E-state index contributed by atoms with van der Waals surface area (Å²) in [4.78, 5) is 144. The molecule has 592 valence electrons. The van der Waals surface area contributed by atoms with Crippen LogP contribution >= 0.6 is 15.9 Å². The topological polar surface area (TPSA) is 374 Å². The number of hydrogen-bond acceptors (Lipinski definition) is 18. The third-order valence-corrected chi connectivity index (χ3v) is 22.0. The van der Waals surface area contributed by atoms with Crippen LogP contribution in [0.3, 0.4) is 0 Å². The maximum atomic E-state index is 14.4. The molecule has 3 fully saturated rings. The molecule has 0 aliphatic carbocycles. The second-order valence-corrected chi connectivity index (χ2v) is 35.1. The molecular weight excluding hydrogens is 1580 g/mol. The number of benzene rings is 6. The zero-order chi connectivity index (χ0) is 82.8. The van der Waals surface area contributed by atoms with Crippen molar-refractivity contribution in [2.24, 2.45) is 0 Å². The van der Waals surface area contributed by atoms with E-state index in [0.29, 0.717) is 80.3 Å². The van der Waals surface area contributed by atoms with Gasteiger partial charge in [0.2, 0.25) is 11.9 Å². The lowest BCUT2D eigenvalue weighted by molar-refractivity contribution is -0.135. The van der Waals surface area contributed by atoms with E-state index in [2.05, 4.69) is 101 Å². The molecule has 0 spiro atoms. The summed E-state index contributed by atoms with van der Waals surface area (Å²) in [7, 11) is -3.17. The smallest absolute Gasteiger partial charge is 0.493 e. The van der Waals surface area contributed by atoms with Gasteiger partial charge in [-0.3, -0.25) is 44.2 Å². The number of fused-ring (bicyclic) bond motifs is 3. The van der Waals surface area contributed by atoms with Crippen LogP contribution in [0, 0.1) is 35.6 Å². The summed E-state index contributed by atoms with van der Waals surface area (Å²) in [6, 6.07) is 44.0. The average molecular weight is 1650 g/mol. The molecule has 3 saturated heterocycles. The number of carbonyl (C=O) groups excluding carboxylic acids is 9. The lowest BCUT2D eigenvalue weighted by Gasteiger charge is -2.32. The highest BCUT2D eigenvalue weighted by Crippen LogP contribution is 2.39. The van der Waals surface area contributed by atoms with Gasteiger partial charge in [-0.05, 0) is 143 Å². The highest BCUT2D eigenvalue weighted by molar-refractivity contribution is 9.10. The molecule has 9 N–H and O–H groups in total. The Bertz CT molecular complexity index is 5570. The second-order valence-electron chi connectivity index (χ2n) is 28.6. The number of aromatic nitrogens is 3. The molecule has 0 bridgehead atoms. The molecule has 6 aromatic carbocycles. The Morgan fingerprint density at radius 1 is 0.543 bits per heavy atom. The SMILES string of the molecule is CC#CCOc1ccc2c(c1)C(=O)N(C[C@@]1(c3ccc(-c4ccc[nH]c4=O)cc3)NC(=O)NC1=O)C2.CC#CCOc1ccc2c(c1)C(=O)N(C[C@@]1(c3ccc(-c4cccnc4F)cc3)NC(=O)N(COCC[Si](C)(C)C)C1=O)C2.O=C1NC(=O)[C@](CN2Cc3ccc(O)cc3C2=O)(c2ccc(Br)cc2)N1.OB(O)c1cccnc1F. The molecule has 6 aliphatic rings. The minimum atomic E-state index is -1.78. The van der Waals surface area contributed by atoms with Crippen molar-refractivity contribution in [3.05, 3.63) is 259 Å². The lowest BCUT2D eigenvalue weighted by atomic mass is 9.81. The van der Waals surface area contributed by atoms with Crippen molar-refractivity contribution in [3.63, 3.8) is 0 Å². The van der Waals surface area contributed by atoms with Crippen LogP contribution < -0.4 is 47.1 Å². The number of pyridine rings is 3. The predicted octanol–water partition coefficient (Wildman–Crippen LogP) is 7.89. The third-order valence-electron chi connectivity index (χ3n) is 19.8. The summed E-state index contributed by atoms with van der Waals surface area (Å²) in [5.74, 6) is 8.32. The number of halogens is 3. The van der Waals surface area contributed by atoms with Crippen LogP contribution in [0.25, 0.3) is 22.3 Å². The first-order valence-electron chi connectivity index (χ1n) is 36.3. The molecule has 0 saturated carbocycles. The van der Waals surface area contributed by atoms with Gasteiger partial charge in [0.15, 0.2) is 16.6 Å². The van der Waals surface area contributed by atoms with Gasteiger partial charge >= 0.3 is 25.2 Å². The van der Waals surface area contributed by atoms with Gasteiger partial charge in [0.05, 0.1) is 19.6 Å². The molecule has 3 aromatic heterocycles. The van der Waals surface area contributed by atoms with E-state index in [1.165, 1.54) is 46.5 Å². The molecule has 6 aliphatic heterocycles. The zero-order valence-corrected chi connectivity index (χ0v) is 65.7. The van der Waals surface area contributed by atoms with E-state index in [0.717, 1.165) is 32.1 Å². The van der Waals surface area contributed by atoms with Gasteiger partial charge in [-0.15, -0.1) is 11.8 Å². The van der Waals surface area contributed by atoms with Gasteiger partial charge in [0.25, 0.3) is 41.0 Å². The maximum absolute atomic E-state index is 14.4. The molecule has 0 radical (unpaired) electrons. The van der Waals surface area contributed by atoms with Gasteiger partial charge in [-0.25, -0.2) is 29.3 Å². The fourth-order valence-corrected chi connectivity index (χ4v) is 14.8. The summed E-state index contributed by atoms with van der Waals surface area (Å²) in [5.41, 5.74) is 2.36. The quantitative estimate of drug-likeness (QED) is 0.0108. The first-order valence-corrected chi connectivity index (χ1v) is 40.8. The van der Waals surface area contributed by atoms with Crippen molar-refractivity contribution < 1.29 is 81.3 Å². The van der Waals surface area contributed by atoms with Crippen LogP contribution in [0.5, 0.6) is 17.2 Å². The van der Waals surface area contributed by atoms with E-state index in [4.69, 9.17) is 24.3 Å². The van der Waals surface area contributed by atoms with Crippen molar-refractivity contribution in [2.75, 3.05) is 46.2 Å². The fourth-order valence-electron chi connectivity index (χ4n) is 13.7. The number of rotatable bonds is 21. The lowest BCUT2D eigenvalue weighted by Crippen LogP contribution is -2.53. The molecular formula is C83H76BBrF2N12O16Si. The molecule has 9 heterocycles. The summed E-state index contributed by atoms with van der Waals surface area (Å²) >= 11 is 3.35. The molecule has 12 amide bonds. The van der Waals surface area contributed by atoms with Crippen LogP contribution in [-0.2, 0) is 55.4 Å². The molecule has 3 atom stereocenters. The summed E-state index contributed by atoms with van der Waals surface area (Å²) < 4.78 is 44.6. The molecule has 116 heavy (non-hydrogen) atoms. The number of amides is 12. The number of nitrogens with zero attached hydrogens (tertiary/aromatic N) is 6. The van der Waals surface area contributed by atoms with Gasteiger partial charge in [-0.1, -0.05) is 132 Å². The Morgan fingerprint density at radius 3 is 1.46 bits per heavy atom. The number of aromatic hydroxyl groups is 1. The molecule has 28 nitrogen and oxygen atoms in total. The van der Waals surface area contributed by atoms with E-state index in [1.807, 2.05) is 12.1 Å².